The van der Waals surface area contributed by atoms with Crippen molar-refractivity contribution in [2.75, 3.05) is 23.4 Å². The summed E-state index contributed by atoms with van der Waals surface area (Å²) in [7, 11) is 0. The predicted molar refractivity (Wildman–Crippen MR) is 75.4 cm³/mol. The maximum absolute atomic E-state index is 5.64. The van der Waals surface area contributed by atoms with E-state index >= 15 is 0 Å². The molecule has 0 amide bonds. The van der Waals surface area contributed by atoms with Gasteiger partial charge in [0.25, 0.3) is 0 Å². The van der Waals surface area contributed by atoms with Crippen molar-refractivity contribution in [2.45, 2.75) is 11.3 Å². The number of nitrogens with two attached hydrogens (primary N) is 1. The first-order chi connectivity index (χ1) is 8.78. The third kappa shape index (κ3) is 1.90. The van der Waals surface area contributed by atoms with Gasteiger partial charge in [-0.1, -0.05) is 0 Å². The normalized spacial score (nSPS) is 13.7. The van der Waals surface area contributed by atoms with Gasteiger partial charge in [-0.15, -0.1) is 11.8 Å². The van der Waals surface area contributed by atoms with Gasteiger partial charge in [-0.05, 0) is 42.5 Å². The number of fused-ring (bicyclic) bond motifs is 1. The molecular weight excluding hydrogens is 244 g/mol. The molecule has 1 aliphatic heterocycles. The zero-order chi connectivity index (χ0) is 12.5. The van der Waals surface area contributed by atoms with Gasteiger partial charge in [0, 0.05) is 23.3 Å². The molecule has 0 bridgehead atoms. The molecule has 0 atom stereocenters. The Bertz CT molecular complexity index is 585. The molecule has 0 saturated carbocycles. The van der Waals surface area contributed by atoms with E-state index in [9.17, 15) is 0 Å². The summed E-state index contributed by atoms with van der Waals surface area (Å²) in [6, 6.07) is 8.46. The summed E-state index contributed by atoms with van der Waals surface area (Å²) < 4.78 is 0. The Labute approximate surface area is 110 Å². The molecule has 5 heteroatoms. The van der Waals surface area contributed by atoms with E-state index in [0.29, 0.717) is 5.95 Å². The number of nitrogens with zero attached hydrogens (tertiary/aromatic N) is 3. The van der Waals surface area contributed by atoms with Crippen molar-refractivity contribution in [3.05, 3.63) is 36.0 Å². The van der Waals surface area contributed by atoms with Crippen molar-refractivity contribution in [1.82, 2.24) is 9.97 Å². The van der Waals surface area contributed by atoms with E-state index in [1.54, 1.807) is 18.0 Å². The van der Waals surface area contributed by atoms with Gasteiger partial charge >= 0.3 is 0 Å². The number of thioether (sulfide) groups is 1. The van der Waals surface area contributed by atoms with Crippen LogP contribution in [0.25, 0.3) is 0 Å². The molecule has 1 aromatic heterocycles. The lowest BCUT2D eigenvalue weighted by atomic mass is 10.2. The Morgan fingerprint density at radius 1 is 1.33 bits per heavy atom. The van der Waals surface area contributed by atoms with Crippen molar-refractivity contribution < 1.29 is 0 Å². The lowest BCUT2D eigenvalue weighted by molar-refractivity contribution is 0.967. The van der Waals surface area contributed by atoms with Gasteiger partial charge in [0.1, 0.15) is 5.82 Å². The van der Waals surface area contributed by atoms with Crippen molar-refractivity contribution in [2.24, 2.45) is 0 Å². The van der Waals surface area contributed by atoms with Crippen LogP contribution in [-0.2, 0) is 6.42 Å². The molecule has 18 heavy (non-hydrogen) atoms. The van der Waals surface area contributed by atoms with Gasteiger partial charge in [-0.3, -0.25) is 0 Å². The molecule has 2 heterocycles. The Kier molecular flexibility index (Phi) is 2.83. The number of hydrogen-bond acceptors (Lipinski definition) is 5. The zero-order valence-corrected chi connectivity index (χ0v) is 10.9. The Balaban J connectivity index is 2.00. The maximum atomic E-state index is 5.64. The maximum Gasteiger partial charge on any atom is 0.221 e. The third-order valence-corrected chi connectivity index (χ3v) is 3.84. The average molecular weight is 258 g/mol. The van der Waals surface area contributed by atoms with Gasteiger partial charge in [0.2, 0.25) is 5.95 Å². The molecular formula is C13H14N4S. The predicted octanol–water partition coefficient (Wildman–Crippen LogP) is 2.47. The summed E-state index contributed by atoms with van der Waals surface area (Å²) in [4.78, 5) is 11.7. The topological polar surface area (TPSA) is 55.0 Å². The van der Waals surface area contributed by atoms with Crippen molar-refractivity contribution in [1.29, 1.82) is 0 Å². The molecule has 1 aromatic carbocycles. The van der Waals surface area contributed by atoms with Crippen LogP contribution in [0.2, 0.25) is 0 Å². The highest BCUT2D eigenvalue weighted by atomic mass is 32.2. The van der Waals surface area contributed by atoms with Gasteiger partial charge in [-0.25, -0.2) is 4.98 Å². The molecule has 0 saturated heterocycles. The number of anilines is 3. The summed E-state index contributed by atoms with van der Waals surface area (Å²) in [5, 5.41) is 0. The number of benzene rings is 1. The van der Waals surface area contributed by atoms with E-state index in [-0.39, 0.29) is 0 Å². The second-order valence-corrected chi connectivity index (χ2v) is 5.05. The molecule has 0 radical (unpaired) electrons. The quantitative estimate of drug-likeness (QED) is 0.839. The monoisotopic (exact) mass is 258 g/mol. The summed E-state index contributed by atoms with van der Waals surface area (Å²) >= 11 is 1.77. The summed E-state index contributed by atoms with van der Waals surface area (Å²) in [6.45, 7) is 0.948. The molecule has 0 spiro atoms. The van der Waals surface area contributed by atoms with Crippen LogP contribution >= 0.6 is 11.8 Å². The van der Waals surface area contributed by atoms with Crippen molar-refractivity contribution in [3.8, 4) is 0 Å². The zero-order valence-electron chi connectivity index (χ0n) is 10.1. The first kappa shape index (κ1) is 11.3. The molecule has 92 valence electrons. The van der Waals surface area contributed by atoms with Crippen LogP contribution in [0, 0.1) is 0 Å². The number of hydrogen-bond donors (Lipinski definition) is 1. The first-order valence-corrected chi connectivity index (χ1v) is 7.03. The standard InChI is InChI=1S/C13H14N4S/c1-18-10-2-3-11-9(8-10)5-7-17(11)12-4-6-15-13(14)16-12/h2-4,6,8H,5,7H2,1H3,(H2,14,15,16). The number of rotatable bonds is 2. The number of aromatic nitrogens is 2. The SMILES string of the molecule is CSc1ccc2c(c1)CCN2c1ccnc(N)n1. The smallest absolute Gasteiger partial charge is 0.221 e. The second kappa shape index (κ2) is 4.49. The van der Waals surface area contributed by atoms with E-state index in [2.05, 4.69) is 39.3 Å². The molecule has 2 aromatic rings. The lowest BCUT2D eigenvalue weighted by Gasteiger charge is -2.18. The van der Waals surface area contributed by atoms with Crippen LogP contribution in [0.15, 0.2) is 35.4 Å². The molecule has 0 aliphatic carbocycles. The minimum Gasteiger partial charge on any atom is -0.368 e. The Morgan fingerprint density at radius 2 is 2.22 bits per heavy atom. The van der Waals surface area contributed by atoms with Crippen LogP contribution in [0.5, 0.6) is 0 Å². The van der Waals surface area contributed by atoms with Crippen molar-refractivity contribution in [3.63, 3.8) is 0 Å². The molecule has 0 fully saturated rings. The van der Waals surface area contributed by atoms with Gasteiger partial charge in [-0.2, -0.15) is 4.98 Å². The number of nitrogen functional groups attached to an aromatic ring is 1. The van der Waals surface area contributed by atoms with E-state index < -0.39 is 0 Å². The molecule has 2 N–H and O–H groups in total. The molecule has 3 rings (SSSR count). The van der Waals surface area contributed by atoms with Crippen molar-refractivity contribution >= 4 is 29.2 Å². The summed E-state index contributed by atoms with van der Waals surface area (Å²) in [5.41, 5.74) is 8.24. The van der Waals surface area contributed by atoms with Gasteiger partial charge < -0.3 is 10.6 Å². The fourth-order valence-corrected chi connectivity index (χ4v) is 2.72. The van der Waals surface area contributed by atoms with Gasteiger partial charge in [0.05, 0.1) is 0 Å². The van der Waals surface area contributed by atoms with E-state index in [0.717, 1.165) is 18.8 Å². The highest BCUT2D eigenvalue weighted by molar-refractivity contribution is 7.98. The minimum absolute atomic E-state index is 0.321. The highest BCUT2D eigenvalue weighted by Crippen LogP contribution is 2.35. The fraction of sp³-hybridized carbons (Fsp3) is 0.231. The summed E-state index contributed by atoms with van der Waals surface area (Å²) in [6.07, 6.45) is 4.85. The molecule has 4 nitrogen and oxygen atoms in total. The van der Waals surface area contributed by atoms with Crippen LogP contribution in [0.4, 0.5) is 17.5 Å². The van der Waals surface area contributed by atoms with Gasteiger partial charge in [0.15, 0.2) is 0 Å². The second-order valence-electron chi connectivity index (χ2n) is 4.17. The molecule has 1 aliphatic rings. The van der Waals surface area contributed by atoms with Crippen LogP contribution in [0.3, 0.4) is 0 Å². The fourth-order valence-electron chi connectivity index (χ4n) is 2.26. The minimum atomic E-state index is 0.321. The molecule has 0 unspecified atom stereocenters. The van der Waals surface area contributed by atoms with E-state index in [4.69, 9.17) is 5.73 Å². The Morgan fingerprint density at radius 3 is 3.00 bits per heavy atom. The van der Waals surface area contributed by atoms with E-state index in [1.165, 1.54) is 16.1 Å². The average Bonchev–Trinajstić information content (AvgIpc) is 2.81. The van der Waals surface area contributed by atoms with Crippen LogP contribution in [0.1, 0.15) is 5.56 Å². The third-order valence-electron chi connectivity index (χ3n) is 3.12. The highest BCUT2D eigenvalue weighted by Gasteiger charge is 2.21. The van der Waals surface area contributed by atoms with E-state index in [1.807, 2.05) is 6.07 Å². The Hall–Kier alpha value is -1.75. The lowest BCUT2D eigenvalue weighted by Crippen LogP contribution is -2.15. The van der Waals surface area contributed by atoms with Crippen LogP contribution in [-0.4, -0.2) is 22.8 Å². The van der Waals surface area contributed by atoms with Crippen LogP contribution < -0.4 is 10.6 Å². The first-order valence-electron chi connectivity index (χ1n) is 5.81. The largest absolute Gasteiger partial charge is 0.368 e. The summed E-state index contributed by atoms with van der Waals surface area (Å²) in [5.74, 6) is 1.19.